The van der Waals surface area contributed by atoms with Gasteiger partial charge < -0.3 is 24.2 Å². The summed E-state index contributed by atoms with van der Waals surface area (Å²) in [7, 11) is 0. The fourth-order valence-electron chi connectivity index (χ4n) is 3.73. The highest BCUT2D eigenvalue weighted by Gasteiger charge is 2.23. The number of benzene rings is 2. The number of thiazole rings is 1. The first-order chi connectivity index (χ1) is 19.7. The summed E-state index contributed by atoms with van der Waals surface area (Å²) in [6.07, 6.45) is 4.96. The van der Waals surface area contributed by atoms with E-state index in [1.165, 1.54) is 36.8 Å². The molecule has 2 amide bonds. The van der Waals surface area contributed by atoms with Gasteiger partial charge >= 0.3 is 5.97 Å². The normalized spacial score (nSPS) is 12.4. The Morgan fingerprint density at radius 2 is 1.71 bits per heavy atom. The van der Waals surface area contributed by atoms with Crippen LogP contribution in [0.3, 0.4) is 0 Å². The molecule has 3 heterocycles. The van der Waals surface area contributed by atoms with Crippen LogP contribution in [0.25, 0.3) is 0 Å². The second-order valence-electron chi connectivity index (χ2n) is 9.22. The lowest BCUT2D eigenvalue weighted by Crippen LogP contribution is -2.42. The Hall–Kier alpha value is -5.04. The molecule has 1 saturated heterocycles. The summed E-state index contributed by atoms with van der Waals surface area (Å²) in [4.78, 5) is 50.9. The van der Waals surface area contributed by atoms with E-state index >= 15 is 0 Å². The Morgan fingerprint density at radius 1 is 0.927 bits per heavy atom. The number of rotatable bonds is 10. The van der Waals surface area contributed by atoms with Gasteiger partial charge in [-0.15, -0.1) is 0 Å². The van der Waals surface area contributed by atoms with E-state index in [9.17, 15) is 14.4 Å². The maximum absolute atomic E-state index is 13.1. The highest BCUT2D eigenvalue weighted by atomic mass is 32.1. The van der Waals surface area contributed by atoms with E-state index in [2.05, 4.69) is 20.3 Å². The SMILES string of the molecule is CC(C)Oc1cc(Oc2cnc(C(=O)N3CCC3)cn2)cc(C(=O)Nc2ncc(Oc3cccc(C(=O)O)c3)s2)c1. The quantitative estimate of drug-likeness (QED) is 0.261. The molecule has 210 valence electrons. The van der Waals surface area contributed by atoms with Gasteiger partial charge in [0.1, 0.15) is 22.9 Å². The van der Waals surface area contributed by atoms with Crippen molar-refractivity contribution in [3.05, 3.63) is 77.9 Å². The van der Waals surface area contributed by atoms with Gasteiger partial charge in [0.25, 0.3) is 11.8 Å². The van der Waals surface area contributed by atoms with Gasteiger partial charge in [0.2, 0.25) is 10.9 Å². The molecule has 0 spiro atoms. The van der Waals surface area contributed by atoms with Crippen molar-refractivity contribution in [2.24, 2.45) is 0 Å². The monoisotopic (exact) mass is 575 g/mol. The zero-order valence-electron chi connectivity index (χ0n) is 22.1. The number of nitrogens with one attached hydrogen (secondary N) is 1. The van der Waals surface area contributed by atoms with Crippen molar-refractivity contribution in [2.45, 2.75) is 26.4 Å². The zero-order chi connectivity index (χ0) is 28.9. The molecule has 12 nitrogen and oxygen atoms in total. The Labute approximate surface area is 238 Å². The molecule has 41 heavy (non-hydrogen) atoms. The van der Waals surface area contributed by atoms with E-state index in [1.807, 2.05) is 13.8 Å². The summed E-state index contributed by atoms with van der Waals surface area (Å²) in [5.74, 6) is -0.557. The minimum atomic E-state index is -1.07. The van der Waals surface area contributed by atoms with Crippen LogP contribution >= 0.6 is 11.3 Å². The molecule has 1 fully saturated rings. The van der Waals surface area contributed by atoms with Crippen molar-refractivity contribution in [1.82, 2.24) is 19.9 Å². The number of carboxylic acids is 1. The number of ether oxygens (including phenoxy) is 3. The fraction of sp³-hybridized carbons (Fsp3) is 0.214. The van der Waals surface area contributed by atoms with Crippen LogP contribution in [-0.4, -0.2) is 61.9 Å². The van der Waals surface area contributed by atoms with Crippen LogP contribution in [0.4, 0.5) is 5.13 Å². The summed E-state index contributed by atoms with van der Waals surface area (Å²) in [5.41, 5.74) is 0.557. The maximum atomic E-state index is 13.1. The molecule has 2 aromatic heterocycles. The van der Waals surface area contributed by atoms with E-state index in [4.69, 9.17) is 19.3 Å². The molecule has 2 N–H and O–H groups in total. The first kappa shape index (κ1) is 27.5. The van der Waals surface area contributed by atoms with Crippen molar-refractivity contribution >= 4 is 34.3 Å². The Balaban J connectivity index is 1.29. The molecule has 0 saturated carbocycles. The molecule has 5 rings (SSSR count). The van der Waals surface area contributed by atoms with Gasteiger partial charge in [-0.2, -0.15) is 0 Å². The molecule has 2 aromatic carbocycles. The lowest BCUT2D eigenvalue weighted by Gasteiger charge is -2.30. The van der Waals surface area contributed by atoms with Crippen molar-refractivity contribution in [2.75, 3.05) is 18.4 Å². The molecule has 0 radical (unpaired) electrons. The van der Waals surface area contributed by atoms with Crippen LogP contribution in [0.2, 0.25) is 0 Å². The number of hydrogen-bond acceptors (Lipinski definition) is 10. The number of aromatic carboxylic acids is 1. The molecule has 0 atom stereocenters. The second kappa shape index (κ2) is 12.0. The Kier molecular flexibility index (Phi) is 8.06. The van der Waals surface area contributed by atoms with E-state index in [0.717, 1.165) is 17.8 Å². The first-order valence-corrected chi connectivity index (χ1v) is 13.4. The summed E-state index contributed by atoms with van der Waals surface area (Å²) in [6.45, 7) is 5.14. The van der Waals surface area contributed by atoms with Gasteiger partial charge in [0, 0.05) is 24.7 Å². The van der Waals surface area contributed by atoms with Gasteiger partial charge in [-0.1, -0.05) is 17.4 Å². The lowest BCUT2D eigenvalue weighted by molar-refractivity contribution is 0.0643. The molecule has 13 heteroatoms. The molecule has 1 aliphatic heterocycles. The average Bonchev–Trinajstić information content (AvgIpc) is 3.34. The van der Waals surface area contributed by atoms with Crippen molar-refractivity contribution in [3.63, 3.8) is 0 Å². The Bertz CT molecular complexity index is 1580. The number of anilines is 1. The third kappa shape index (κ3) is 6.94. The molecular weight excluding hydrogens is 550 g/mol. The van der Waals surface area contributed by atoms with Crippen LogP contribution in [0.5, 0.6) is 28.2 Å². The second-order valence-corrected chi connectivity index (χ2v) is 10.2. The summed E-state index contributed by atoms with van der Waals surface area (Å²) >= 11 is 1.07. The molecule has 0 aliphatic carbocycles. The summed E-state index contributed by atoms with van der Waals surface area (Å²) in [6, 6.07) is 10.8. The van der Waals surface area contributed by atoms with Gasteiger partial charge in [-0.3, -0.25) is 14.9 Å². The number of carboxylic acid groups (broad SMARTS) is 1. The highest BCUT2D eigenvalue weighted by molar-refractivity contribution is 7.17. The van der Waals surface area contributed by atoms with Crippen molar-refractivity contribution in [3.8, 4) is 28.2 Å². The van der Waals surface area contributed by atoms with Gasteiger partial charge in [0.05, 0.1) is 30.3 Å². The topological polar surface area (TPSA) is 153 Å². The summed E-state index contributed by atoms with van der Waals surface area (Å²) in [5, 5.41) is 12.5. The predicted octanol–water partition coefficient (Wildman–Crippen LogP) is 5.10. The number of hydrogen-bond donors (Lipinski definition) is 2. The van der Waals surface area contributed by atoms with Crippen LogP contribution < -0.4 is 19.5 Å². The first-order valence-electron chi connectivity index (χ1n) is 12.6. The third-order valence-electron chi connectivity index (χ3n) is 5.73. The summed E-state index contributed by atoms with van der Waals surface area (Å²) < 4.78 is 17.3. The standard InChI is InChI=1S/C28H25N5O7S/c1-16(2)38-20-10-18(11-21(12-20)39-23-14-29-22(13-30-23)26(35)33-7-4-8-33)25(34)32-28-31-15-24(41-28)40-19-6-3-5-17(9-19)27(36)37/h3,5-6,9-16H,4,7-8H2,1-2H3,(H,36,37)(H,31,32,34). The van der Waals surface area contributed by atoms with Crippen LogP contribution in [0.1, 0.15) is 51.5 Å². The number of aromatic nitrogens is 3. The van der Waals surface area contributed by atoms with E-state index in [-0.39, 0.29) is 45.6 Å². The number of likely N-dealkylation sites (tertiary alicyclic amines) is 1. The molecular formula is C28H25N5O7S. The number of amides is 2. The maximum Gasteiger partial charge on any atom is 0.335 e. The minimum Gasteiger partial charge on any atom is -0.491 e. The molecule has 0 unspecified atom stereocenters. The van der Waals surface area contributed by atoms with Crippen LogP contribution in [0.15, 0.2) is 61.1 Å². The van der Waals surface area contributed by atoms with Crippen LogP contribution in [-0.2, 0) is 0 Å². The highest BCUT2D eigenvalue weighted by Crippen LogP contribution is 2.32. The smallest absolute Gasteiger partial charge is 0.335 e. The number of nitrogens with zero attached hydrogens (tertiary/aromatic N) is 4. The zero-order valence-corrected chi connectivity index (χ0v) is 22.9. The lowest BCUT2D eigenvalue weighted by atomic mass is 10.2. The van der Waals surface area contributed by atoms with E-state index < -0.39 is 11.9 Å². The number of carbonyl (C=O) groups is 3. The van der Waals surface area contributed by atoms with Gasteiger partial charge in [-0.05, 0) is 50.6 Å². The van der Waals surface area contributed by atoms with Crippen LogP contribution in [0, 0.1) is 0 Å². The fourth-order valence-corrected chi connectivity index (χ4v) is 4.41. The Morgan fingerprint density at radius 3 is 2.39 bits per heavy atom. The third-order valence-corrected chi connectivity index (χ3v) is 6.52. The van der Waals surface area contributed by atoms with Crippen molar-refractivity contribution < 1.29 is 33.7 Å². The molecule has 0 bridgehead atoms. The van der Waals surface area contributed by atoms with Crippen molar-refractivity contribution in [1.29, 1.82) is 0 Å². The predicted molar refractivity (Wildman–Crippen MR) is 148 cm³/mol. The van der Waals surface area contributed by atoms with Gasteiger partial charge in [0.15, 0.2) is 5.13 Å². The van der Waals surface area contributed by atoms with Gasteiger partial charge in [-0.25, -0.2) is 19.7 Å². The van der Waals surface area contributed by atoms with E-state index in [1.54, 1.807) is 29.2 Å². The number of carbonyl (C=O) groups excluding carboxylic acids is 2. The molecule has 4 aromatic rings. The van der Waals surface area contributed by atoms with E-state index in [0.29, 0.717) is 29.7 Å². The largest absolute Gasteiger partial charge is 0.491 e. The molecule has 1 aliphatic rings. The average molecular weight is 576 g/mol. The minimum absolute atomic E-state index is 0.0872.